The average molecular weight is 433 g/mol. The maximum Gasteiger partial charge on any atom is 0.162 e. The summed E-state index contributed by atoms with van der Waals surface area (Å²) in [5, 5.41) is 13.2. The molecule has 4 aromatic rings. The van der Waals surface area contributed by atoms with E-state index in [1.807, 2.05) is 25.3 Å². The Morgan fingerprint density at radius 2 is 1.88 bits per heavy atom. The number of benzene rings is 2. The number of fused-ring (bicyclic) bond motifs is 4. The molecule has 0 saturated carbocycles. The molecule has 2 aromatic heterocycles. The minimum absolute atomic E-state index is 0.267. The van der Waals surface area contributed by atoms with Crippen molar-refractivity contribution in [2.45, 2.75) is 39.8 Å². The largest absolute Gasteiger partial charge is 0.369 e. The Balaban J connectivity index is 1.72. The molecule has 0 radical (unpaired) electrons. The standard InChI is InChI=1S/C25H29FN6/c1-15-19(17-8-7-9-21-18(17)10-11-31(21)13-12-30(5)6)14-20(26)22-23(15)32-16(2)28-29-24(32)25(3,4)27-22/h7-11,14,27H,12-13H2,1-6H3. The molecule has 0 bridgehead atoms. The second kappa shape index (κ2) is 7.17. The van der Waals surface area contributed by atoms with Crippen LogP contribution in [0.15, 0.2) is 36.5 Å². The van der Waals surface area contributed by atoms with Crippen LogP contribution < -0.4 is 5.32 Å². The van der Waals surface area contributed by atoms with Gasteiger partial charge in [0.15, 0.2) is 5.82 Å². The van der Waals surface area contributed by atoms with Crippen molar-refractivity contribution in [2.24, 2.45) is 0 Å². The summed E-state index contributed by atoms with van der Waals surface area (Å²) < 4.78 is 19.8. The normalized spacial score (nSPS) is 14.5. The number of halogens is 1. The third-order valence-electron chi connectivity index (χ3n) is 6.44. The first kappa shape index (κ1) is 20.7. The van der Waals surface area contributed by atoms with Gasteiger partial charge in [0.2, 0.25) is 0 Å². The number of nitrogens with zero attached hydrogens (tertiary/aromatic N) is 5. The fraction of sp³-hybridized carbons (Fsp3) is 0.360. The van der Waals surface area contributed by atoms with Gasteiger partial charge in [-0.3, -0.25) is 4.57 Å². The second-order valence-corrected chi connectivity index (χ2v) is 9.46. The number of rotatable bonds is 4. The molecule has 0 saturated heterocycles. The molecule has 32 heavy (non-hydrogen) atoms. The SMILES string of the molecule is Cc1c(-c2cccc3c2ccn3CCN(C)C)cc(F)c2c1-n1c(C)nnc1C(C)(C)N2. The molecule has 0 unspecified atom stereocenters. The van der Waals surface area contributed by atoms with E-state index in [1.54, 1.807) is 6.07 Å². The minimum atomic E-state index is -0.521. The number of nitrogens with one attached hydrogen (secondary N) is 1. The number of hydrogen-bond acceptors (Lipinski definition) is 4. The molecule has 1 aliphatic rings. The van der Waals surface area contributed by atoms with E-state index in [2.05, 4.69) is 76.5 Å². The molecule has 6 nitrogen and oxygen atoms in total. The van der Waals surface area contributed by atoms with E-state index < -0.39 is 5.54 Å². The Hall–Kier alpha value is -3.19. The summed E-state index contributed by atoms with van der Waals surface area (Å²) in [4.78, 5) is 2.17. The number of hydrogen-bond donors (Lipinski definition) is 1. The zero-order chi connectivity index (χ0) is 22.8. The molecule has 2 aromatic carbocycles. The van der Waals surface area contributed by atoms with Crippen molar-refractivity contribution in [3.8, 4) is 16.8 Å². The molecule has 0 spiro atoms. The Morgan fingerprint density at radius 3 is 2.62 bits per heavy atom. The summed E-state index contributed by atoms with van der Waals surface area (Å²) in [7, 11) is 4.15. The molecule has 7 heteroatoms. The van der Waals surface area contributed by atoms with Crippen molar-refractivity contribution in [2.75, 3.05) is 26.0 Å². The van der Waals surface area contributed by atoms with Crippen molar-refractivity contribution in [1.29, 1.82) is 0 Å². The Kier molecular flexibility index (Phi) is 4.64. The molecular weight excluding hydrogens is 403 g/mol. The zero-order valence-electron chi connectivity index (χ0n) is 19.5. The van der Waals surface area contributed by atoms with Crippen LogP contribution in [-0.2, 0) is 12.1 Å². The number of aryl methyl sites for hydroxylation is 1. The van der Waals surface area contributed by atoms with Gasteiger partial charge in [0, 0.05) is 30.2 Å². The smallest absolute Gasteiger partial charge is 0.162 e. The highest BCUT2D eigenvalue weighted by molar-refractivity contribution is 5.97. The summed E-state index contributed by atoms with van der Waals surface area (Å²) in [5.41, 5.74) is 4.85. The van der Waals surface area contributed by atoms with Crippen LogP contribution in [0.1, 0.15) is 31.1 Å². The van der Waals surface area contributed by atoms with Crippen LogP contribution in [0.5, 0.6) is 0 Å². The van der Waals surface area contributed by atoms with Crippen LogP contribution in [0.4, 0.5) is 10.1 Å². The summed E-state index contributed by atoms with van der Waals surface area (Å²) in [6.07, 6.45) is 2.12. The van der Waals surface area contributed by atoms with Crippen molar-refractivity contribution >= 4 is 16.6 Å². The van der Waals surface area contributed by atoms with Gasteiger partial charge in [0.25, 0.3) is 0 Å². The molecule has 1 N–H and O–H groups in total. The van der Waals surface area contributed by atoms with E-state index in [0.29, 0.717) is 5.69 Å². The van der Waals surface area contributed by atoms with Gasteiger partial charge in [0.05, 0.1) is 16.9 Å². The lowest BCUT2D eigenvalue weighted by Crippen LogP contribution is -2.37. The van der Waals surface area contributed by atoms with E-state index >= 15 is 4.39 Å². The van der Waals surface area contributed by atoms with Gasteiger partial charge in [0.1, 0.15) is 11.6 Å². The van der Waals surface area contributed by atoms with E-state index in [1.165, 1.54) is 0 Å². The Morgan fingerprint density at radius 1 is 1.09 bits per heavy atom. The topological polar surface area (TPSA) is 50.9 Å². The van der Waals surface area contributed by atoms with Gasteiger partial charge in [-0.25, -0.2) is 4.39 Å². The fourth-order valence-electron chi connectivity index (χ4n) is 4.78. The molecule has 1 aliphatic heterocycles. The summed E-state index contributed by atoms with van der Waals surface area (Å²) in [5.74, 6) is 1.27. The molecule has 3 heterocycles. The lowest BCUT2D eigenvalue weighted by Gasteiger charge is -2.35. The minimum Gasteiger partial charge on any atom is -0.369 e. The van der Waals surface area contributed by atoms with Crippen LogP contribution in [0.2, 0.25) is 0 Å². The number of anilines is 1. The summed E-state index contributed by atoms with van der Waals surface area (Å²) in [6, 6.07) is 10.1. The highest BCUT2D eigenvalue weighted by Crippen LogP contribution is 2.44. The lowest BCUT2D eigenvalue weighted by molar-refractivity contribution is 0.387. The van der Waals surface area contributed by atoms with Gasteiger partial charge in [-0.1, -0.05) is 12.1 Å². The van der Waals surface area contributed by atoms with Gasteiger partial charge < -0.3 is 14.8 Å². The van der Waals surface area contributed by atoms with Crippen LogP contribution in [0.25, 0.3) is 27.7 Å². The third kappa shape index (κ3) is 3.03. The van der Waals surface area contributed by atoms with Crippen molar-refractivity contribution in [3.05, 3.63) is 59.6 Å². The van der Waals surface area contributed by atoms with Crippen LogP contribution in [0.3, 0.4) is 0 Å². The molecule has 0 atom stereocenters. The first-order valence-corrected chi connectivity index (χ1v) is 11.0. The molecule has 166 valence electrons. The van der Waals surface area contributed by atoms with Crippen LogP contribution in [-0.4, -0.2) is 44.9 Å². The van der Waals surface area contributed by atoms with E-state index in [4.69, 9.17) is 0 Å². The summed E-state index contributed by atoms with van der Waals surface area (Å²) >= 11 is 0. The molecular formula is C25H29FN6. The molecule has 0 amide bonds. The fourth-order valence-corrected chi connectivity index (χ4v) is 4.78. The first-order valence-electron chi connectivity index (χ1n) is 11.0. The Bertz CT molecular complexity index is 1340. The van der Waals surface area contributed by atoms with E-state index in [9.17, 15) is 0 Å². The molecule has 0 aliphatic carbocycles. The maximum atomic E-state index is 15.6. The lowest BCUT2D eigenvalue weighted by atomic mass is 9.92. The van der Waals surface area contributed by atoms with Gasteiger partial charge in [-0.2, -0.15) is 0 Å². The van der Waals surface area contributed by atoms with Crippen molar-refractivity contribution in [1.82, 2.24) is 24.2 Å². The molecule has 0 fully saturated rings. The van der Waals surface area contributed by atoms with Crippen LogP contribution in [0, 0.1) is 19.7 Å². The predicted octanol–water partition coefficient (Wildman–Crippen LogP) is 4.87. The van der Waals surface area contributed by atoms with Crippen molar-refractivity contribution in [3.63, 3.8) is 0 Å². The summed E-state index contributed by atoms with van der Waals surface area (Å²) in [6.45, 7) is 9.82. The predicted molar refractivity (Wildman–Crippen MR) is 127 cm³/mol. The van der Waals surface area contributed by atoms with Gasteiger partial charge in [-0.05, 0) is 76.7 Å². The van der Waals surface area contributed by atoms with E-state index in [-0.39, 0.29) is 5.82 Å². The van der Waals surface area contributed by atoms with Crippen LogP contribution >= 0.6 is 0 Å². The second-order valence-electron chi connectivity index (χ2n) is 9.46. The Labute approximate surface area is 187 Å². The van der Waals surface area contributed by atoms with E-state index in [0.717, 1.165) is 58.0 Å². The highest BCUT2D eigenvalue weighted by Gasteiger charge is 2.37. The highest BCUT2D eigenvalue weighted by atomic mass is 19.1. The van der Waals surface area contributed by atoms with Gasteiger partial charge >= 0.3 is 0 Å². The number of likely N-dealkylation sites (N-methyl/N-ethyl adjacent to an activating group) is 1. The number of aromatic nitrogens is 4. The van der Waals surface area contributed by atoms with Gasteiger partial charge in [-0.15, -0.1) is 10.2 Å². The third-order valence-corrected chi connectivity index (χ3v) is 6.44. The average Bonchev–Trinajstić information content (AvgIpc) is 3.33. The zero-order valence-corrected chi connectivity index (χ0v) is 19.5. The monoisotopic (exact) mass is 432 g/mol. The first-order chi connectivity index (χ1) is 15.2. The van der Waals surface area contributed by atoms with Crippen molar-refractivity contribution < 1.29 is 4.39 Å². The quantitative estimate of drug-likeness (QED) is 0.500. The maximum absolute atomic E-state index is 15.6. The molecule has 5 rings (SSSR count).